The molecule has 1 atom stereocenters. The molecule has 6 nitrogen and oxygen atoms in total. The van der Waals surface area contributed by atoms with Crippen molar-refractivity contribution in [1.82, 2.24) is 5.32 Å². The number of carbonyl (C=O) groups excluding carboxylic acids is 2. The number of para-hydroxylation sites is 2. The molecule has 1 aromatic carbocycles. The summed E-state index contributed by atoms with van der Waals surface area (Å²) in [4.78, 5) is 26.4. The van der Waals surface area contributed by atoms with Crippen molar-refractivity contribution in [3.63, 3.8) is 0 Å². The summed E-state index contributed by atoms with van der Waals surface area (Å²) >= 11 is 0. The minimum Gasteiger partial charge on any atom is -0.492 e. The Bertz CT molecular complexity index is 630. The number of ether oxygens (including phenoxy) is 2. The first-order chi connectivity index (χ1) is 12.7. The van der Waals surface area contributed by atoms with Crippen molar-refractivity contribution < 1.29 is 19.1 Å². The molecule has 2 amide bonds. The molecule has 1 saturated heterocycles. The van der Waals surface area contributed by atoms with Gasteiger partial charge in [-0.3, -0.25) is 9.59 Å². The zero-order valence-electron chi connectivity index (χ0n) is 15.4. The highest BCUT2D eigenvalue weighted by molar-refractivity contribution is 6.01. The van der Waals surface area contributed by atoms with Gasteiger partial charge < -0.3 is 19.7 Å². The molecule has 0 spiro atoms. The molecular weight excluding hydrogens is 332 g/mol. The van der Waals surface area contributed by atoms with Gasteiger partial charge in [-0.1, -0.05) is 12.1 Å². The molecule has 1 aliphatic carbocycles. The highest BCUT2D eigenvalue weighted by atomic mass is 16.5. The Kier molecular flexibility index (Phi) is 6.50. The van der Waals surface area contributed by atoms with Crippen LogP contribution >= 0.6 is 0 Å². The predicted octanol–water partition coefficient (Wildman–Crippen LogP) is 2.37. The van der Waals surface area contributed by atoms with Crippen LogP contribution in [0.1, 0.15) is 32.6 Å². The van der Waals surface area contributed by atoms with Gasteiger partial charge in [0.05, 0.1) is 18.2 Å². The fourth-order valence-corrected chi connectivity index (χ4v) is 3.14. The second-order valence-corrected chi connectivity index (χ2v) is 6.97. The van der Waals surface area contributed by atoms with Gasteiger partial charge in [0.15, 0.2) is 0 Å². The Hall–Kier alpha value is -2.08. The lowest BCUT2D eigenvalue weighted by molar-refractivity contribution is -0.126. The molecule has 1 heterocycles. The highest BCUT2D eigenvalue weighted by Crippen LogP contribution is 2.33. The van der Waals surface area contributed by atoms with Gasteiger partial charge in [0.25, 0.3) is 0 Å². The second-order valence-electron chi connectivity index (χ2n) is 6.97. The maximum atomic E-state index is 12.4. The van der Waals surface area contributed by atoms with Gasteiger partial charge in [0, 0.05) is 32.7 Å². The van der Waals surface area contributed by atoms with Crippen molar-refractivity contribution in [3.05, 3.63) is 24.3 Å². The van der Waals surface area contributed by atoms with Crippen LogP contribution in [0.15, 0.2) is 24.3 Å². The summed E-state index contributed by atoms with van der Waals surface area (Å²) in [6, 6.07) is 7.46. The first-order valence-corrected chi connectivity index (χ1v) is 9.56. The van der Waals surface area contributed by atoms with E-state index in [0.29, 0.717) is 32.1 Å². The van der Waals surface area contributed by atoms with Crippen LogP contribution in [-0.4, -0.2) is 44.7 Å². The van der Waals surface area contributed by atoms with Crippen molar-refractivity contribution in [2.24, 2.45) is 11.8 Å². The van der Waals surface area contributed by atoms with Gasteiger partial charge in [-0.05, 0) is 44.2 Å². The van der Waals surface area contributed by atoms with Crippen LogP contribution in [0.5, 0.6) is 5.75 Å². The monoisotopic (exact) mass is 360 g/mol. The van der Waals surface area contributed by atoms with Gasteiger partial charge in [0.1, 0.15) is 5.75 Å². The van der Waals surface area contributed by atoms with E-state index in [1.807, 2.05) is 31.2 Å². The number of nitrogens with one attached hydrogen (secondary N) is 1. The van der Waals surface area contributed by atoms with E-state index < -0.39 is 0 Å². The zero-order chi connectivity index (χ0) is 18.4. The van der Waals surface area contributed by atoms with Gasteiger partial charge in [-0.15, -0.1) is 0 Å². The van der Waals surface area contributed by atoms with E-state index in [2.05, 4.69) is 5.32 Å². The van der Waals surface area contributed by atoms with E-state index in [1.165, 1.54) is 12.8 Å². The maximum absolute atomic E-state index is 12.4. The number of nitrogens with zero attached hydrogens (tertiary/aromatic N) is 1. The molecule has 1 N–H and O–H groups in total. The molecule has 1 unspecified atom stereocenters. The molecular formula is C20H28N2O4. The number of benzene rings is 1. The smallest absolute Gasteiger partial charge is 0.227 e. The molecule has 2 fully saturated rings. The molecule has 6 heteroatoms. The summed E-state index contributed by atoms with van der Waals surface area (Å²) in [5.41, 5.74) is 0.739. The number of anilines is 1. The number of hydrogen-bond donors (Lipinski definition) is 1. The first-order valence-electron chi connectivity index (χ1n) is 9.56. The van der Waals surface area contributed by atoms with Crippen molar-refractivity contribution in [2.75, 3.05) is 37.8 Å². The van der Waals surface area contributed by atoms with E-state index in [4.69, 9.17) is 9.47 Å². The predicted molar refractivity (Wildman–Crippen MR) is 99.2 cm³/mol. The zero-order valence-corrected chi connectivity index (χ0v) is 15.4. The van der Waals surface area contributed by atoms with Gasteiger partial charge in [-0.2, -0.15) is 0 Å². The van der Waals surface area contributed by atoms with Crippen molar-refractivity contribution in [2.45, 2.75) is 32.6 Å². The average Bonchev–Trinajstić information content (AvgIpc) is 3.39. The van der Waals surface area contributed by atoms with Crippen LogP contribution in [0.3, 0.4) is 0 Å². The van der Waals surface area contributed by atoms with Crippen LogP contribution < -0.4 is 15.0 Å². The first kappa shape index (κ1) is 18.7. The lowest BCUT2D eigenvalue weighted by Crippen LogP contribution is -2.34. The number of rotatable bonds is 10. The molecule has 1 aliphatic heterocycles. The van der Waals surface area contributed by atoms with Crippen LogP contribution in [0.25, 0.3) is 0 Å². The van der Waals surface area contributed by atoms with Crippen molar-refractivity contribution >= 4 is 17.5 Å². The number of hydrogen-bond acceptors (Lipinski definition) is 4. The Morgan fingerprint density at radius 2 is 2.12 bits per heavy atom. The fraction of sp³-hybridized carbons (Fsp3) is 0.600. The Morgan fingerprint density at radius 3 is 2.88 bits per heavy atom. The van der Waals surface area contributed by atoms with Crippen LogP contribution in [0, 0.1) is 11.8 Å². The average molecular weight is 360 g/mol. The van der Waals surface area contributed by atoms with E-state index in [1.54, 1.807) is 4.90 Å². The van der Waals surface area contributed by atoms with Crippen molar-refractivity contribution in [1.29, 1.82) is 0 Å². The topological polar surface area (TPSA) is 67.9 Å². The van der Waals surface area contributed by atoms with E-state index in [9.17, 15) is 9.59 Å². The molecule has 3 rings (SSSR count). The van der Waals surface area contributed by atoms with Gasteiger partial charge in [-0.25, -0.2) is 0 Å². The third-order valence-corrected chi connectivity index (χ3v) is 4.77. The molecule has 0 radical (unpaired) electrons. The summed E-state index contributed by atoms with van der Waals surface area (Å²) < 4.78 is 11.2. The van der Waals surface area contributed by atoms with Crippen LogP contribution in [-0.2, 0) is 14.3 Å². The third kappa shape index (κ3) is 4.97. The highest BCUT2D eigenvalue weighted by Gasteiger charge is 2.36. The van der Waals surface area contributed by atoms with Crippen molar-refractivity contribution in [3.8, 4) is 5.75 Å². The normalized spacial score (nSPS) is 19.7. The third-order valence-electron chi connectivity index (χ3n) is 4.77. The molecule has 0 bridgehead atoms. The lowest BCUT2D eigenvalue weighted by Gasteiger charge is -2.20. The number of carbonyl (C=O) groups is 2. The van der Waals surface area contributed by atoms with Crippen LogP contribution in [0.2, 0.25) is 0 Å². The van der Waals surface area contributed by atoms with Gasteiger partial charge in [0.2, 0.25) is 11.8 Å². The van der Waals surface area contributed by atoms with E-state index in [0.717, 1.165) is 24.6 Å². The molecule has 26 heavy (non-hydrogen) atoms. The molecule has 1 aromatic rings. The minimum atomic E-state index is -0.315. The maximum Gasteiger partial charge on any atom is 0.227 e. The molecule has 0 aromatic heterocycles. The van der Waals surface area contributed by atoms with E-state index >= 15 is 0 Å². The summed E-state index contributed by atoms with van der Waals surface area (Å²) in [5.74, 6) is 1.03. The lowest BCUT2D eigenvalue weighted by atomic mass is 10.1. The van der Waals surface area contributed by atoms with Gasteiger partial charge >= 0.3 is 0 Å². The standard InChI is InChI=1S/C20H28N2O4/c1-2-26-18-7-4-3-6-17(18)22-13-16(12-19(22)23)20(24)21-10-5-11-25-14-15-8-9-15/h3-4,6-7,15-16H,2,5,8-14H2,1H3,(H,21,24). The summed E-state index contributed by atoms with van der Waals surface area (Å²) in [6.45, 7) is 4.95. The molecule has 142 valence electrons. The second kappa shape index (κ2) is 9.03. The summed E-state index contributed by atoms with van der Waals surface area (Å²) in [6.07, 6.45) is 3.62. The molecule has 1 saturated carbocycles. The SMILES string of the molecule is CCOc1ccccc1N1CC(C(=O)NCCCOCC2CC2)CC1=O. The Balaban J connectivity index is 1.45. The summed E-state index contributed by atoms with van der Waals surface area (Å²) in [7, 11) is 0. The van der Waals surface area contributed by atoms with E-state index in [-0.39, 0.29) is 24.2 Å². The minimum absolute atomic E-state index is 0.0370. The Labute approximate surface area is 154 Å². The van der Waals surface area contributed by atoms with Crippen LogP contribution in [0.4, 0.5) is 5.69 Å². The summed E-state index contributed by atoms with van der Waals surface area (Å²) in [5, 5.41) is 2.93. The number of amides is 2. The fourth-order valence-electron chi connectivity index (χ4n) is 3.14. The largest absolute Gasteiger partial charge is 0.492 e. The Morgan fingerprint density at radius 1 is 1.31 bits per heavy atom. The quantitative estimate of drug-likeness (QED) is 0.651. The molecule has 2 aliphatic rings.